The molecule has 1 unspecified atom stereocenters. The van der Waals surface area contributed by atoms with Gasteiger partial charge in [0, 0.05) is 27.0 Å². The highest BCUT2D eigenvalue weighted by Gasteiger charge is 2.20. The number of benzene rings is 2. The third-order valence-electron chi connectivity index (χ3n) is 2.86. The van der Waals surface area contributed by atoms with Crippen LogP contribution >= 0.6 is 11.6 Å². The third kappa shape index (κ3) is 3.01. The summed E-state index contributed by atoms with van der Waals surface area (Å²) >= 11 is 6.19. The van der Waals surface area contributed by atoms with Gasteiger partial charge in [-0.1, -0.05) is 29.8 Å². The van der Waals surface area contributed by atoms with E-state index in [9.17, 15) is 5.11 Å². The van der Waals surface area contributed by atoms with Gasteiger partial charge >= 0.3 is 0 Å². The first kappa shape index (κ1) is 13.3. The van der Waals surface area contributed by atoms with Gasteiger partial charge in [-0.3, -0.25) is 0 Å². The van der Waals surface area contributed by atoms with E-state index < -0.39 is 0 Å². The summed E-state index contributed by atoms with van der Waals surface area (Å²) in [5.74, 6) is 1.26. The molecular formula is C15H16ClOS+. The monoisotopic (exact) mass is 279 g/mol. The maximum absolute atomic E-state index is 9.44. The summed E-state index contributed by atoms with van der Waals surface area (Å²) in [5.41, 5.74) is 2.31. The van der Waals surface area contributed by atoms with Crippen molar-refractivity contribution >= 4 is 22.5 Å². The minimum absolute atomic E-state index is 0.0899. The molecule has 0 amide bonds. The van der Waals surface area contributed by atoms with Crippen molar-refractivity contribution in [2.24, 2.45) is 0 Å². The third-order valence-corrected chi connectivity index (χ3v) is 5.19. The molecule has 0 heterocycles. The highest BCUT2D eigenvalue weighted by atomic mass is 35.5. The molecule has 94 valence electrons. The minimum Gasteiger partial charge on any atom is -0.508 e. The summed E-state index contributed by atoms with van der Waals surface area (Å²) < 4.78 is 0. The lowest BCUT2D eigenvalue weighted by molar-refractivity contribution is 0.474. The fourth-order valence-electron chi connectivity index (χ4n) is 1.95. The van der Waals surface area contributed by atoms with Gasteiger partial charge in [-0.15, -0.1) is 0 Å². The number of phenols is 1. The maximum Gasteiger partial charge on any atom is 0.158 e. The molecule has 18 heavy (non-hydrogen) atoms. The molecule has 0 saturated heterocycles. The largest absolute Gasteiger partial charge is 0.508 e. The van der Waals surface area contributed by atoms with E-state index in [-0.39, 0.29) is 10.9 Å². The van der Waals surface area contributed by atoms with Crippen LogP contribution in [0.15, 0.2) is 47.4 Å². The number of hydrogen-bond acceptors (Lipinski definition) is 1. The molecule has 0 radical (unpaired) electrons. The van der Waals surface area contributed by atoms with Gasteiger partial charge in [0.1, 0.15) is 17.8 Å². The summed E-state index contributed by atoms with van der Waals surface area (Å²) in [6.45, 7) is 2.03. The van der Waals surface area contributed by atoms with Crippen LogP contribution in [-0.4, -0.2) is 11.4 Å². The Balaban J connectivity index is 2.22. The van der Waals surface area contributed by atoms with Crippen LogP contribution in [-0.2, 0) is 16.6 Å². The van der Waals surface area contributed by atoms with Crippen LogP contribution in [0.3, 0.4) is 0 Å². The summed E-state index contributed by atoms with van der Waals surface area (Å²) in [4.78, 5) is 1.28. The van der Waals surface area contributed by atoms with Crippen LogP contribution in [0.25, 0.3) is 0 Å². The van der Waals surface area contributed by atoms with E-state index in [4.69, 9.17) is 11.6 Å². The molecule has 1 N–H and O–H groups in total. The summed E-state index contributed by atoms with van der Waals surface area (Å²) in [6.07, 6.45) is 2.21. The van der Waals surface area contributed by atoms with Gasteiger partial charge in [0.15, 0.2) is 4.90 Å². The Kier molecular flexibility index (Phi) is 4.20. The molecule has 0 aliphatic rings. The standard InChI is InChI=1S/C15H15ClOS/c1-11-9-13(17)7-8-15(11)18(2)10-12-5-3-4-6-14(12)16/h3-9H,10H2,1-2H3/p+1. The molecule has 0 aliphatic heterocycles. The molecule has 0 aliphatic carbocycles. The Morgan fingerprint density at radius 1 is 1.17 bits per heavy atom. The van der Waals surface area contributed by atoms with Crippen LogP contribution in [0.2, 0.25) is 5.02 Å². The smallest absolute Gasteiger partial charge is 0.158 e. The van der Waals surface area contributed by atoms with E-state index >= 15 is 0 Å². The first-order chi connectivity index (χ1) is 8.58. The van der Waals surface area contributed by atoms with Gasteiger partial charge in [0.05, 0.1) is 0 Å². The van der Waals surface area contributed by atoms with Gasteiger partial charge < -0.3 is 5.11 Å². The predicted octanol–water partition coefficient (Wildman–Crippen LogP) is 4.16. The van der Waals surface area contributed by atoms with E-state index in [0.29, 0.717) is 5.75 Å². The van der Waals surface area contributed by atoms with E-state index in [2.05, 4.69) is 12.3 Å². The molecule has 0 spiro atoms. The van der Waals surface area contributed by atoms with Crippen molar-refractivity contribution in [3.8, 4) is 5.75 Å². The van der Waals surface area contributed by atoms with Crippen LogP contribution in [0.4, 0.5) is 0 Å². The Hall–Kier alpha value is -1.12. The number of aromatic hydroxyl groups is 1. The zero-order chi connectivity index (χ0) is 13.1. The molecule has 3 heteroatoms. The molecule has 2 rings (SSSR count). The van der Waals surface area contributed by atoms with Gasteiger partial charge in [-0.05, 0) is 31.2 Å². The van der Waals surface area contributed by atoms with Crippen molar-refractivity contribution in [1.82, 2.24) is 0 Å². The van der Waals surface area contributed by atoms with Gasteiger partial charge in [-0.2, -0.15) is 0 Å². The average Bonchev–Trinajstić information content (AvgIpc) is 2.32. The molecule has 0 aromatic heterocycles. The quantitative estimate of drug-likeness (QED) is 0.837. The molecule has 0 saturated carbocycles. The summed E-state index contributed by atoms with van der Waals surface area (Å²) in [5, 5.41) is 10.3. The highest BCUT2D eigenvalue weighted by molar-refractivity contribution is 7.95. The first-order valence-electron chi connectivity index (χ1n) is 5.73. The van der Waals surface area contributed by atoms with E-state index in [1.807, 2.05) is 37.3 Å². The van der Waals surface area contributed by atoms with Crippen molar-refractivity contribution in [1.29, 1.82) is 0 Å². The Labute approximate surface area is 116 Å². The zero-order valence-corrected chi connectivity index (χ0v) is 12.1. The van der Waals surface area contributed by atoms with Crippen LogP contribution < -0.4 is 0 Å². The number of phenolic OH excluding ortho intramolecular Hbond substituents is 1. The topological polar surface area (TPSA) is 20.2 Å². The Morgan fingerprint density at radius 2 is 1.89 bits per heavy atom. The van der Waals surface area contributed by atoms with Crippen molar-refractivity contribution in [3.05, 3.63) is 58.6 Å². The highest BCUT2D eigenvalue weighted by Crippen LogP contribution is 2.26. The summed E-state index contributed by atoms with van der Waals surface area (Å²) in [6, 6.07) is 13.5. The second kappa shape index (κ2) is 5.68. The molecule has 2 aromatic carbocycles. The number of rotatable bonds is 3. The summed E-state index contributed by atoms with van der Waals surface area (Å²) in [7, 11) is 0.0899. The number of aryl methyl sites for hydroxylation is 1. The predicted molar refractivity (Wildman–Crippen MR) is 79.6 cm³/mol. The van der Waals surface area contributed by atoms with Gasteiger partial charge in [0.25, 0.3) is 0 Å². The van der Waals surface area contributed by atoms with Crippen molar-refractivity contribution in [2.45, 2.75) is 17.6 Å². The first-order valence-corrected chi connectivity index (χ1v) is 7.91. The second-order valence-electron chi connectivity index (χ2n) is 4.32. The van der Waals surface area contributed by atoms with Crippen LogP contribution in [0.1, 0.15) is 11.1 Å². The van der Waals surface area contributed by atoms with Crippen molar-refractivity contribution in [2.75, 3.05) is 6.26 Å². The lowest BCUT2D eigenvalue weighted by Gasteiger charge is -2.07. The molecule has 2 aromatic rings. The lowest BCUT2D eigenvalue weighted by Crippen LogP contribution is -2.06. The van der Waals surface area contributed by atoms with Gasteiger partial charge in [-0.25, -0.2) is 0 Å². The lowest BCUT2D eigenvalue weighted by atomic mass is 10.2. The SMILES string of the molecule is Cc1cc(O)ccc1[S+](C)Cc1ccccc1Cl. The van der Waals surface area contributed by atoms with Gasteiger partial charge in [0.2, 0.25) is 0 Å². The molecular weight excluding hydrogens is 264 g/mol. The van der Waals surface area contributed by atoms with Crippen LogP contribution in [0.5, 0.6) is 5.75 Å². The maximum atomic E-state index is 9.44. The minimum atomic E-state index is 0.0899. The number of halogens is 1. The van der Waals surface area contributed by atoms with Crippen molar-refractivity contribution in [3.63, 3.8) is 0 Å². The molecule has 0 bridgehead atoms. The molecule has 1 atom stereocenters. The normalized spacial score (nSPS) is 12.4. The Bertz CT molecular complexity index is 554. The van der Waals surface area contributed by atoms with E-state index in [1.54, 1.807) is 6.07 Å². The fourth-order valence-corrected chi connectivity index (χ4v) is 4.02. The van der Waals surface area contributed by atoms with E-state index in [0.717, 1.165) is 16.3 Å². The Morgan fingerprint density at radius 3 is 2.56 bits per heavy atom. The number of hydrogen-bond donors (Lipinski definition) is 1. The van der Waals surface area contributed by atoms with Crippen LogP contribution in [0, 0.1) is 6.92 Å². The molecule has 0 fully saturated rings. The zero-order valence-electron chi connectivity index (χ0n) is 10.5. The van der Waals surface area contributed by atoms with Crippen molar-refractivity contribution < 1.29 is 5.11 Å². The van der Waals surface area contributed by atoms with E-state index in [1.165, 1.54) is 10.5 Å². The molecule has 1 nitrogen and oxygen atoms in total. The second-order valence-corrected chi connectivity index (χ2v) is 6.73. The average molecular weight is 280 g/mol. The fraction of sp³-hybridized carbons (Fsp3) is 0.200.